The number of benzene rings is 2. The molecule has 2 heterocycles. The third kappa shape index (κ3) is 3.61. The van der Waals surface area contributed by atoms with E-state index >= 15 is 0 Å². The summed E-state index contributed by atoms with van der Waals surface area (Å²) in [4.78, 5) is 4.76. The molecule has 0 radical (unpaired) electrons. The minimum atomic E-state index is 0.328. The van der Waals surface area contributed by atoms with Gasteiger partial charge in [0.15, 0.2) is 0 Å². The lowest BCUT2D eigenvalue weighted by molar-refractivity contribution is 0.415. The maximum absolute atomic E-state index is 6.12. The first-order chi connectivity index (χ1) is 13.1. The van der Waals surface area contributed by atoms with Crippen LogP contribution in [-0.2, 0) is 0 Å². The molecule has 5 nitrogen and oxygen atoms in total. The standard InChI is InChI=1S/C21H19N3O2S/c1-13(2)20-23-24-21(27-20)22-17-12-19(14-7-5-4-6-8-14)26-18-10-9-15(25-3)11-16(17)18/h4-13H,1-3H3/b22-17+. The predicted octanol–water partition coefficient (Wildman–Crippen LogP) is 5.32. The molecule has 2 aromatic heterocycles. The second-order valence-electron chi connectivity index (χ2n) is 6.41. The topological polar surface area (TPSA) is 60.5 Å². The van der Waals surface area contributed by atoms with Gasteiger partial charge in [-0.15, -0.1) is 10.2 Å². The van der Waals surface area contributed by atoms with Crippen LogP contribution in [0.3, 0.4) is 0 Å². The van der Waals surface area contributed by atoms with E-state index in [1.807, 2.05) is 54.6 Å². The van der Waals surface area contributed by atoms with Gasteiger partial charge >= 0.3 is 0 Å². The Kier molecular flexibility index (Phi) is 4.73. The second-order valence-corrected chi connectivity index (χ2v) is 7.40. The molecule has 6 heteroatoms. The van der Waals surface area contributed by atoms with E-state index in [4.69, 9.17) is 14.1 Å². The third-order valence-electron chi connectivity index (χ3n) is 4.15. The number of fused-ring (bicyclic) bond motifs is 1. The molecule has 0 atom stereocenters. The highest BCUT2D eigenvalue weighted by molar-refractivity contribution is 7.15. The number of rotatable bonds is 4. The average Bonchev–Trinajstić information content (AvgIpc) is 3.17. The molecular formula is C21H19N3O2S. The molecule has 0 saturated heterocycles. The van der Waals surface area contributed by atoms with Gasteiger partial charge in [-0.25, -0.2) is 4.99 Å². The zero-order valence-corrected chi connectivity index (χ0v) is 16.2. The molecule has 0 spiro atoms. The molecule has 0 aliphatic rings. The highest BCUT2D eigenvalue weighted by atomic mass is 32.1. The third-order valence-corrected chi connectivity index (χ3v) is 5.27. The average molecular weight is 377 g/mol. The van der Waals surface area contributed by atoms with E-state index in [0.717, 1.165) is 38.4 Å². The van der Waals surface area contributed by atoms with Crippen LogP contribution in [-0.4, -0.2) is 17.3 Å². The van der Waals surface area contributed by atoms with Crippen LogP contribution in [0.25, 0.3) is 22.3 Å². The quantitative estimate of drug-likeness (QED) is 0.483. The van der Waals surface area contributed by atoms with Gasteiger partial charge in [0.05, 0.1) is 12.5 Å². The summed E-state index contributed by atoms with van der Waals surface area (Å²) in [5.74, 6) is 1.83. The van der Waals surface area contributed by atoms with Crippen LogP contribution in [0.5, 0.6) is 5.75 Å². The molecule has 4 aromatic rings. The van der Waals surface area contributed by atoms with Gasteiger partial charge in [-0.05, 0) is 18.2 Å². The summed E-state index contributed by atoms with van der Waals surface area (Å²) in [7, 11) is 1.65. The largest absolute Gasteiger partial charge is 0.497 e. The number of hydrogen-bond donors (Lipinski definition) is 0. The van der Waals surface area contributed by atoms with Crippen LogP contribution < -0.4 is 10.1 Å². The summed E-state index contributed by atoms with van der Waals surface area (Å²) < 4.78 is 11.5. The first-order valence-corrected chi connectivity index (χ1v) is 9.51. The van der Waals surface area contributed by atoms with Crippen molar-refractivity contribution < 1.29 is 9.15 Å². The van der Waals surface area contributed by atoms with E-state index < -0.39 is 0 Å². The van der Waals surface area contributed by atoms with Crippen molar-refractivity contribution in [1.29, 1.82) is 0 Å². The first kappa shape index (κ1) is 17.4. The summed E-state index contributed by atoms with van der Waals surface area (Å²) in [5, 5.41) is 11.7. The lowest BCUT2D eigenvalue weighted by Crippen LogP contribution is -2.03. The molecule has 0 bridgehead atoms. The van der Waals surface area contributed by atoms with Crippen molar-refractivity contribution in [2.24, 2.45) is 4.99 Å². The minimum Gasteiger partial charge on any atom is -0.497 e. The Morgan fingerprint density at radius 2 is 1.85 bits per heavy atom. The van der Waals surface area contributed by atoms with Crippen molar-refractivity contribution >= 4 is 27.4 Å². The fraction of sp³-hybridized carbons (Fsp3) is 0.190. The molecule has 136 valence electrons. The Balaban J connectivity index is 1.96. The number of aromatic nitrogens is 2. The van der Waals surface area contributed by atoms with Gasteiger partial charge in [-0.2, -0.15) is 0 Å². The minimum absolute atomic E-state index is 0.328. The van der Waals surface area contributed by atoms with E-state index in [1.54, 1.807) is 7.11 Å². The van der Waals surface area contributed by atoms with Crippen molar-refractivity contribution in [3.63, 3.8) is 0 Å². The fourth-order valence-corrected chi connectivity index (χ4v) is 3.45. The molecule has 0 saturated carbocycles. The van der Waals surface area contributed by atoms with Gasteiger partial charge in [0, 0.05) is 22.9 Å². The number of hydrogen-bond acceptors (Lipinski definition) is 6. The molecule has 0 N–H and O–H groups in total. The van der Waals surface area contributed by atoms with Crippen molar-refractivity contribution in [2.45, 2.75) is 19.8 Å². The highest BCUT2D eigenvalue weighted by Crippen LogP contribution is 2.27. The summed E-state index contributed by atoms with van der Waals surface area (Å²) in [6.07, 6.45) is 0. The number of ether oxygens (including phenoxy) is 1. The summed E-state index contributed by atoms with van der Waals surface area (Å²) in [5.41, 5.74) is 1.73. The predicted molar refractivity (Wildman–Crippen MR) is 107 cm³/mol. The van der Waals surface area contributed by atoms with Gasteiger partial charge in [0.2, 0.25) is 5.13 Å². The van der Waals surface area contributed by atoms with Crippen molar-refractivity contribution in [3.8, 4) is 17.1 Å². The molecule has 0 fully saturated rings. The van der Waals surface area contributed by atoms with Crippen LogP contribution in [0, 0.1) is 0 Å². The fourth-order valence-electron chi connectivity index (χ4n) is 2.72. The summed E-state index contributed by atoms with van der Waals surface area (Å²) in [6.45, 7) is 4.19. The Hall–Kier alpha value is -2.99. The van der Waals surface area contributed by atoms with Crippen LogP contribution >= 0.6 is 11.3 Å². The maximum atomic E-state index is 6.12. The molecule has 0 unspecified atom stereocenters. The molecule has 4 rings (SSSR count). The Labute approximate surface area is 161 Å². The van der Waals surface area contributed by atoms with Gasteiger partial charge in [-0.3, -0.25) is 0 Å². The van der Waals surface area contributed by atoms with Crippen molar-refractivity contribution in [2.75, 3.05) is 7.11 Å². The van der Waals surface area contributed by atoms with E-state index in [1.165, 1.54) is 11.3 Å². The van der Waals surface area contributed by atoms with Gasteiger partial charge in [-0.1, -0.05) is 55.5 Å². The zero-order chi connectivity index (χ0) is 18.8. The Morgan fingerprint density at radius 3 is 2.56 bits per heavy atom. The van der Waals surface area contributed by atoms with E-state index in [0.29, 0.717) is 11.0 Å². The SMILES string of the molecule is COc1ccc2oc(-c3ccccc3)c/c(=N\c3nnc(C(C)C)s3)c2c1. The van der Waals surface area contributed by atoms with E-state index in [9.17, 15) is 0 Å². The number of nitrogens with zero attached hydrogens (tertiary/aromatic N) is 3. The Bertz CT molecular complexity index is 1150. The molecule has 0 aliphatic carbocycles. The van der Waals surface area contributed by atoms with E-state index in [-0.39, 0.29) is 0 Å². The number of methoxy groups -OCH3 is 1. The molecular weight excluding hydrogens is 358 g/mol. The van der Waals surface area contributed by atoms with Crippen molar-refractivity contribution in [1.82, 2.24) is 10.2 Å². The monoisotopic (exact) mass is 377 g/mol. The smallest absolute Gasteiger partial charge is 0.232 e. The normalized spacial score (nSPS) is 12.1. The van der Waals surface area contributed by atoms with Crippen molar-refractivity contribution in [3.05, 3.63) is 65.0 Å². The van der Waals surface area contributed by atoms with Crippen LogP contribution in [0.1, 0.15) is 24.8 Å². The second kappa shape index (κ2) is 7.32. The molecule has 27 heavy (non-hydrogen) atoms. The lowest BCUT2D eigenvalue weighted by atomic mass is 10.1. The first-order valence-electron chi connectivity index (χ1n) is 8.69. The molecule has 0 amide bonds. The van der Waals surface area contributed by atoms with Gasteiger partial charge < -0.3 is 9.15 Å². The maximum Gasteiger partial charge on any atom is 0.232 e. The highest BCUT2D eigenvalue weighted by Gasteiger charge is 2.10. The van der Waals surface area contributed by atoms with Crippen LogP contribution in [0.4, 0.5) is 5.13 Å². The molecule has 2 aromatic carbocycles. The van der Waals surface area contributed by atoms with Gasteiger partial charge in [0.1, 0.15) is 22.1 Å². The Morgan fingerprint density at radius 1 is 1.04 bits per heavy atom. The molecule has 0 aliphatic heterocycles. The van der Waals surface area contributed by atoms with Crippen LogP contribution in [0.2, 0.25) is 0 Å². The van der Waals surface area contributed by atoms with Gasteiger partial charge in [0.25, 0.3) is 0 Å². The lowest BCUT2D eigenvalue weighted by Gasteiger charge is -2.06. The van der Waals surface area contributed by atoms with Crippen LogP contribution in [0.15, 0.2) is 64.0 Å². The summed E-state index contributed by atoms with van der Waals surface area (Å²) in [6, 6.07) is 17.6. The summed E-state index contributed by atoms with van der Waals surface area (Å²) >= 11 is 1.51. The van der Waals surface area contributed by atoms with E-state index in [2.05, 4.69) is 24.0 Å². The zero-order valence-electron chi connectivity index (χ0n) is 15.3.